The van der Waals surface area contributed by atoms with Crippen LogP contribution in [0.25, 0.3) is 0 Å². The quantitative estimate of drug-likeness (QED) is 0.810. The van der Waals surface area contributed by atoms with E-state index in [4.69, 9.17) is 5.73 Å². The molecule has 0 aliphatic rings. The van der Waals surface area contributed by atoms with Gasteiger partial charge in [-0.3, -0.25) is 9.89 Å². The monoisotopic (exact) mass is 267 g/mol. The molecule has 2 rings (SSSR count). The molecule has 0 aliphatic carbocycles. The van der Waals surface area contributed by atoms with E-state index in [1.165, 1.54) is 18.3 Å². The summed E-state index contributed by atoms with van der Waals surface area (Å²) in [5.74, 6) is -2.28. The lowest BCUT2D eigenvalue weighted by Crippen LogP contribution is -2.27. The molecule has 0 saturated carbocycles. The number of nitrogens with one attached hydrogen (secondary N) is 1. The van der Waals surface area contributed by atoms with Crippen molar-refractivity contribution in [3.63, 3.8) is 0 Å². The van der Waals surface area contributed by atoms with Gasteiger partial charge < -0.3 is 10.6 Å². The molecule has 0 unspecified atom stereocenters. The number of nitrogens with zero attached hydrogens (tertiary/aromatic N) is 3. The number of aromatic nitrogens is 3. The number of benzene rings is 1. The molecule has 0 saturated heterocycles. The number of aromatic amines is 1. The predicted octanol–water partition coefficient (Wildman–Crippen LogP) is 0.937. The molecule has 19 heavy (non-hydrogen) atoms. The zero-order valence-corrected chi connectivity index (χ0v) is 10.0. The van der Waals surface area contributed by atoms with Crippen LogP contribution in [0.5, 0.6) is 0 Å². The fraction of sp³-hybridized carbons (Fsp3) is 0.182. The molecular formula is C11H11F2N5O. The van der Waals surface area contributed by atoms with Crippen LogP contribution in [0.2, 0.25) is 0 Å². The lowest BCUT2D eigenvalue weighted by molar-refractivity contribution is 0.0782. The van der Waals surface area contributed by atoms with E-state index in [9.17, 15) is 13.6 Å². The van der Waals surface area contributed by atoms with E-state index in [0.29, 0.717) is 5.82 Å². The Hall–Kier alpha value is -2.51. The summed E-state index contributed by atoms with van der Waals surface area (Å²) < 4.78 is 26.1. The molecule has 0 aliphatic heterocycles. The highest BCUT2D eigenvalue weighted by Crippen LogP contribution is 2.18. The normalized spacial score (nSPS) is 10.5. The number of halogens is 2. The number of hydrogen-bond donors (Lipinski definition) is 2. The van der Waals surface area contributed by atoms with Crippen molar-refractivity contribution in [2.75, 3.05) is 12.8 Å². The first kappa shape index (κ1) is 12.9. The van der Waals surface area contributed by atoms with Crippen molar-refractivity contribution >= 4 is 11.6 Å². The molecule has 1 aromatic heterocycles. The lowest BCUT2D eigenvalue weighted by Gasteiger charge is -2.16. The van der Waals surface area contributed by atoms with Crippen molar-refractivity contribution < 1.29 is 13.6 Å². The van der Waals surface area contributed by atoms with Crippen LogP contribution >= 0.6 is 0 Å². The van der Waals surface area contributed by atoms with Gasteiger partial charge in [0.1, 0.15) is 12.2 Å². The van der Waals surface area contributed by atoms with Crippen LogP contribution in [0.3, 0.4) is 0 Å². The number of H-pyrrole nitrogens is 1. The molecule has 0 spiro atoms. The van der Waals surface area contributed by atoms with Crippen molar-refractivity contribution in [3.8, 4) is 0 Å². The summed E-state index contributed by atoms with van der Waals surface area (Å²) in [6.45, 7) is 0.150. The van der Waals surface area contributed by atoms with E-state index in [1.54, 1.807) is 0 Å². The number of nitrogens with two attached hydrogens (primary N) is 1. The maximum atomic E-state index is 13.1. The lowest BCUT2D eigenvalue weighted by atomic mass is 10.1. The third kappa shape index (κ3) is 2.67. The van der Waals surface area contributed by atoms with Crippen LogP contribution in [0.15, 0.2) is 18.5 Å². The van der Waals surface area contributed by atoms with Crippen LogP contribution in [0, 0.1) is 11.6 Å². The van der Waals surface area contributed by atoms with Crippen molar-refractivity contribution in [3.05, 3.63) is 41.5 Å². The van der Waals surface area contributed by atoms with Gasteiger partial charge in [0.05, 0.1) is 12.1 Å². The standard InChI is InChI=1S/C11H11F2N5O/c1-18(4-10-15-5-16-17-10)11(19)6-2-7(12)8(13)3-9(6)14/h2-3,5H,4,14H2,1H3,(H,15,16,17). The molecular weight excluding hydrogens is 256 g/mol. The van der Waals surface area contributed by atoms with Gasteiger partial charge in [-0.05, 0) is 6.07 Å². The average Bonchev–Trinajstić information content (AvgIpc) is 2.85. The van der Waals surface area contributed by atoms with E-state index < -0.39 is 17.5 Å². The summed E-state index contributed by atoms with van der Waals surface area (Å²) in [5.41, 5.74) is 5.30. The van der Waals surface area contributed by atoms with E-state index in [1.807, 2.05) is 0 Å². The van der Waals surface area contributed by atoms with Gasteiger partial charge in [0.25, 0.3) is 5.91 Å². The number of nitrogen functional groups attached to an aromatic ring is 1. The second-order valence-electron chi connectivity index (χ2n) is 3.95. The Bertz CT molecular complexity index is 599. The molecule has 1 aromatic carbocycles. The van der Waals surface area contributed by atoms with Crippen molar-refractivity contribution in [1.29, 1.82) is 0 Å². The smallest absolute Gasteiger partial charge is 0.256 e. The molecule has 0 atom stereocenters. The molecule has 100 valence electrons. The largest absolute Gasteiger partial charge is 0.398 e. The second kappa shape index (κ2) is 5.01. The first-order chi connectivity index (χ1) is 8.99. The van der Waals surface area contributed by atoms with E-state index >= 15 is 0 Å². The number of carbonyl (C=O) groups excluding carboxylic acids is 1. The third-order valence-electron chi connectivity index (χ3n) is 2.52. The van der Waals surface area contributed by atoms with Gasteiger partial charge in [-0.15, -0.1) is 0 Å². The summed E-state index contributed by atoms with van der Waals surface area (Å²) in [5, 5.41) is 6.23. The number of amides is 1. The fourth-order valence-corrected chi connectivity index (χ4v) is 1.56. The van der Waals surface area contributed by atoms with E-state index in [-0.39, 0.29) is 17.8 Å². The van der Waals surface area contributed by atoms with Crippen LogP contribution < -0.4 is 5.73 Å². The van der Waals surface area contributed by atoms with Gasteiger partial charge in [-0.25, -0.2) is 13.8 Å². The minimum absolute atomic E-state index is 0.0964. The number of anilines is 1. The molecule has 2 aromatic rings. The predicted molar refractivity (Wildman–Crippen MR) is 63.0 cm³/mol. The van der Waals surface area contributed by atoms with Crippen LogP contribution in [-0.2, 0) is 6.54 Å². The van der Waals surface area contributed by atoms with Gasteiger partial charge in [-0.1, -0.05) is 0 Å². The molecule has 6 nitrogen and oxygen atoms in total. The fourth-order valence-electron chi connectivity index (χ4n) is 1.56. The maximum absolute atomic E-state index is 13.1. The van der Waals surface area contributed by atoms with Gasteiger partial charge in [0.15, 0.2) is 11.6 Å². The minimum atomic E-state index is -1.12. The molecule has 0 radical (unpaired) electrons. The highest BCUT2D eigenvalue weighted by atomic mass is 19.2. The summed E-state index contributed by atoms with van der Waals surface area (Å²) >= 11 is 0. The topological polar surface area (TPSA) is 87.9 Å². The molecule has 3 N–H and O–H groups in total. The van der Waals surface area contributed by atoms with Gasteiger partial charge in [0, 0.05) is 18.8 Å². The highest BCUT2D eigenvalue weighted by Gasteiger charge is 2.18. The van der Waals surface area contributed by atoms with E-state index in [0.717, 1.165) is 12.1 Å². The Labute approximate surface area is 107 Å². The first-order valence-electron chi connectivity index (χ1n) is 5.33. The van der Waals surface area contributed by atoms with Crippen molar-refractivity contribution in [1.82, 2.24) is 20.1 Å². The van der Waals surface area contributed by atoms with Gasteiger partial charge >= 0.3 is 0 Å². The Morgan fingerprint density at radius 3 is 2.74 bits per heavy atom. The van der Waals surface area contributed by atoms with Gasteiger partial charge in [0.2, 0.25) is 0 Å². The summed E-state index contributed by atoms with van der Waals surface area (Å²) in [4.78, 5) is 17.2. The molecule has 0 fully saturated rings. The minimum Gasteiger partial charge on any atom is -0.398 e. The Morgan fingerprint density at radius 1 is 1.42 bits per heavy atom. The number of hydrogen-bond acceptors (Lipinski definition) is 4. The highest BCUT2D eigenvalue weighted by molar-refractivity contribution is 5.98. The number of carbonyl (C=O) groups is 1. The summed E-state index contributed by atoms with van der Waals surface area (Å²) in [7, 11) is 1.49. The zero-order valence-electron chi connectivity index (χ0n) is 10.0. The van der Waals surface area contributed by atoms with Crippen LogP contribution in [0.4, 0.5) is 14.5 Å². The van der Waals surface area contributed by atoms with Crippen LogP contribution in [-0.4, -0.2) is 33.0 Å². The average molecular weight is 267 g/mol. The van der Waals surface area contributed by atoms with Gasteiger partial charge in [-0.2, -0.15) is 5.10 Å². The maximum Gasteiger partial charge on any atom is 0.256 e. The zero-order chi connectivity index (χ0) is 14.0. The van der Waals surface area contributed by atoms with Crippen molar-refractivity contribution in [2.45, 2.75) is 6.54 Å². The third-order valence-corrected chi connectivity index (χ3v) is 2.52. The summed E-state index contributed by atoms with van der Waals surface area (Å²) in [6, 6.07) is 1.56. The SMILES string of the molecule is CN(Cc1ncn[nH]1)C(=O)c1cc(F)c(F)cc1N. The molecule has 8 heteroatoms. The Balaban J connectivity index is 2.21. The Morgan fingerprint density at radius 2 is 2.11 bits per heavy atom. The summed E-state index contributed by atoms with van der Waals surface area (Å²) in [6.07, 6.45) is 1.31. The van der Waals surface area contributed by atoms with Crippen molar-refractivity contribution in [2.24, 2.45) is 0 Å². The first-order valence-corrected chi connectivity index (χ1v) is 5.33. The second-order valence-corrected chi connectivity index (χ2v) is 3.95. The van der Waals surface area contributed by atoms with Crippen LogP contribution in [0.1, 0.15) is 16.2 Å². The molecule has 0 bridgehead atoms. The Kier molecular flexibility index (Phi) is 3.41. The molecule has 1 amide bonds. The van der Waals surface area contributed by atoms with E-state index in [2.05, 4.69) is 15.2 Å². The number of rotatable bonds is 3. The molecule has 1 heterocycles.